The van der Waals surface area contributed by atoms with E-state index in [2.05, 4.69) is 10.3 Å². The molecular formula is C18H14F2N2O2S. The third-order valence-electron chi connectivity index (χ3n) is 3.57. The first-order valence-electron chi connectivity index (χ1n) is 7.37. The number of amides is 1. The number of nitrogens with one attached hydrogen (secondary N) is 1. The molecule has 0 bridgehead atoms. The smallest absolute Gasteiger partial charge is 0.263 e. The molecule has 0 atom stereocenters. The molecule has 1 N–H and O–H groups in total. The molecule has 1 aromatic heterocycles. The van der Waals surface area contributed by atoms with Crippen molar-refractivity contribution >= 4 is 22.4 Å². The van der Waals surface area contributed by atoms with E-state index >= 15 is 0 Å². The molecule has 7 heteroatoms. The number of aromatic nitrogens is 1. The van der Waals surface area contributed by atoms with Gasteiger partial charge in [-0.2, -0.15) is 0 Å². The first-order valence-corrected chi connectivity index (χ1v) is 8.18. The Morgan fingerprint density at radius 1 is 1.12 bits per heavy atom. The van der Waals surface area contributed by atoms with E-state index in [0.29, 0.717) is 5.69 Å². The van der Waals surface area contributed by atoms with E-state index in [-0.39, 0.29) is 5.13 Å². The first kappa shape index (κ1) is 17.0. The molecule has 3 rings (SSSR count). The van der Waals surface area contributed by atoms with Crippen molar-refractivity contribution in [3.05, 3.63) is 64.5 Å². The van der Waals surface area contributed by atoms with Crippen LogP contribution in [0.2, 0.25) is 0 Å². The van der Waals surface area contributed by atoms with Gasteiger partial charge in [0.25, 0.3) is 5.91 Å². The summed E-state index contributed by atoms with van der Waals surface area (Å²) in [6.45, 7) is 1.86. The highest BCUT2D eigenvalue weighted by atomic mass is 32.1. The summed E-state index contributed by atoms with van der Waals surface area (Å²) in [5, 5.41) is 2.73. The zero-order chi connectivity index (χ0) is 18.0. The summed E-state index contributed by atoms with van der Waals surface area (Å²) in [7, 11) is 1.58. The number of hydrogen-bond acceptors (Lipinski definition) is 4. The SMILES string of the molecule is COc1ccc(-c2nc(NC(=O)c3c(F)cccc3F)sc2C)cc1. The maximum Gasteiger partial charge on any atom is 0.263 e. The van der Waals surface area contributed by atoms with E-state index in [1.165, 1.54) is 17.4 Å². The lowest BCUT2D eigenvalue weighted by Gasteiger charge is -2.04. The summed E-state index contributed by atoms with van der Waals surface area (Å²) in [4.78, 5) is 17.4. The third kappa shape index (κ3) is 3.51. The molecular weight excluding hydrogens is 346 g/mol. The number of thiazole rings is 1. The highest BCUT2D eigenvalue weighted by Crippen LogP contribution is 2.31. The second-order valence-electron chi connectivity index (χ2n) is 5.20. The zero-order valence-corrected chi connectivity index (χ0v) is 14.3. The molecule has 25 heavy (non-hydrogen) atoms. The second-order valence-corrected chi connectivity index (χ2v) is 6.41. The summed E-state index contributed by atoms with van der Waals surface area (Å²) in [6, 6.07) is 10.6. The molecule has 0 saturated carbocycles. The van der Waals surface area contributed by atoms with Crippen molar-refractivity contribution < 1.29 is 18.3 Å². The van der Waals surface area contributed by atoms with Crippen LogP contribution in [-0.2, 0) is 0 Å². The predicted octanol–water partition coefficient (Wildman–Crippen LogP) is 4.66. The minimum Gasteiger partial charge on any atom is -0.497 e. The normalized spacial score (nSPS) is 10.6. The van der Waals surface area contributed by atoms with E-state index in [1.54, 1.807) is 19.2 Å². The van der Waals surface area contributed by atoms with Crippen LogP contribution in [0.4, 0.5) is 13.9 Å². The van der Waals surface area contributed by atoms with Crippen LogP contribution in [0.25, 0.3) is 11.3 Å². The predicted molar refractivity (Wildman–Crippen MR) is 93.2 cm³/mol. The lowest BCUT2D eigenvalue weighted by molar-refractivity contribution is 0.101. The van der Waals surface area contributed by atoms with Crippen molar-refractivity contribution in [3.63, 3.8) is 0 Å². The van der Waals surface area contributed by atoms with Crippen molar-refractivity contribution in [2.75, 3.05) is 12.4 Å². The molecule has 3 aromatic rings. The Morgan fingerprint density at radius 3 is 2.36 bits per heavy atom. The second kappa shape index (κ2) is 6.98. The minimum atomic E-state index is -0.916. The number of benzene rings is 2. The Balaban J connectivity index is 1.86. The van der Waals surface area contributed by atoms with Crippen molar-refractivity contribution in [3.8, 4) is 17.0 Å². The Kier molecular flexibility index (Phi) is 4.76. The van der Waals surface area contributed by atoms with Crippen molar-refractivity contribution in [2.45, 2.75) is 6.92 Å². The Hall–Kier alpha value is -2.80. The number of rotatable bonds is 4. The standard InChI is InChI=1S/C18H14F2N2O2S/c1-10-16(11-6-8-12(24-2)9-7-11)21-18(25-10)22-17(23)15-13(19)4-3-5-14(15)20/h3-9H,1-2H3,(H,21,22,23). The van der Waals surface area contributed by atoms with Gasteiger partial charge in [0, 0.05) is 10.4 Å². The summed E-state index contributed by atoms with van der Waals surface area (Å²) < 4.78 is 32.5. The summed E-state index contributed by atoms with van der Waals surface area (Å²) in [5.41, 5.74) is 0.922. The van der Waals surface area contributed by atoms with Crippen LogP contribution in [0.3, 0.4) is 0 Å². The monoisotopic (exact) mass is 360 g/mol. The molecule has 128 valence electrons. The molecule has 1 heterocycles. The number of methoxy groups -OCH3 is 1. The van der Waals surface area contributed by atoms with Crippen molar-refractivity contribution in [1.29, 1.82) is 0 Å². The Morgan fingerprint density at radius 2 is 1.76 bits per heavy atom. The van der Waals surface area contributed by atoms with Gasteiger partial charge in [-0.25, -0.2) is 13.8 Å². The quantitative estimate of drug-likeness (QED) is 0.736. The summed E-state index contributed by atoms with van der Waals surface area (Å²) in [6.07, 6.45) is 0. The number of anilines is 1. The maximum atomic E-state index is 13.7. The number of carbonyl (C=O) groups excluding carboxylic acids is 1. The first-order chi connectivity index (χ1) is 12.0. The zero-order valence-electron chi connectivity index (χ0n) is 13.5. The van der Waals surface area contributed by atoms with E-state index in [9.17, 15) is 13.6 Å². The number of hydrogen-bond donors (Lipinski definition) is 1. The molecule has 0 fully saturated rings. The van der Waals surface area contributed by atoms with Crippen LogP contribution in [0, 0.1) is 18.6 Å². The van der Waals surface area contributed by atoms with Crippen molar-refractivity contribution in [1.82, 2.24) is 4.98 Å². The fourth-order valence-electron chi connectivity index (χ4n) is 2.34. The minimum absolute atomic E-state index is 0.274. The summed E-state index contributed by atoms with van der Waals surface area (Å²) in [5.74, 6) is -1.98. The molecule has 0 aliphatic heterocycles. The van der Waals surface area contributed by atoms with Gasteiger partial charge in [0.05, 0.1) is 12.8 Å². The van der Waals surface area contributed by atoms with Crippen molar-refractivity contribution in [2.24, 2.45) is 0 Å². The van der Waals surface area contributed by atoms with Crippen LogP contribution in [0.1, 0.15) is 15.2 Å². The van der Waals surface area contributed by atoms with Gasteiger partial charge >= 0.3 is 0 Å². The van der Waals surface area contributed by atoms with Gasteiger partial charge in [-0.1, -0.05) is 6.07 Å². The average molecular weight is 360 g/mol. The van der Waals surface area contributed by atoms with Crippen LogP contribution >= 0.6 is 11.3 Å². The van der Waals surface area contributed by atoms with E-state index in [1.807, 2.05) is 19.1 Å². The molecule has 0 spiro atoms. The average Bonchev–Trinajstić information content (AvgIpc) is 2.95. The van der Waals surface area contributed by atoms with E-state index in [4.69, 9.17) is 4.74 Å². The van der Waals surface area contributed by atoms with E-state index in [0.717, 1.165) is 28.3 Å². The lowest BCUT2D eigenvalue weighted by atomic mass is 10.1. The molecule has 1 amide bonds. The van der Waals surface area contributed by atoms with Crippen LogP contribution < -0.4 is 10.1 Å². The molecule has 0 radical (unpaired) electrons. The topological polar surface area (TPSA) is 51.2 Å². The van der Waals surface area contributed by atoms with Gasteiger partial charge in [0.1, 0.15) is 22.9 Å². The fourth-order valence-corrected chi connectivity index (χ4v) is 3.17. The molecule has 0 unspecified atom stereocenters. The third-order valence-corrected chi connectivity index (χ3v) is 4.46. The number of carbonyl (C=O) groups is 1. The van der Waals surface area contributed by atoms with E-state index < -0.39 is 23.1 Å². The van der Waals surface area contributed by atoms with Gasteiger partial charge in [-0.15, -0.1) is 11.3 Å². The van der Waals surface area contributed by atoms with Gasteiger partial charge in [0.15, 0.2) is 5.13 Å². The van der Waals surface area contributed by atoms with Crippen LogP contribution in [0.15, 0.2) is 42.5 Å². The molecule has 0 saturated heterocycles. The van der Waals surface area contributed by atoms with Gasteiger partial charge < -0.3 is 4.74 Å². The largest absolute Gasteiger partial charge is 0.497 e. The fraction of sp³-hybridized carbons (Fsp3) is 0.111. The molecule has 0 aliphatic carbocycles. The van der Waals surface area contributed by atoms with Gasteiger partial charge in [0.2, 0.25) is 0 Å². The maximum absolute atomic E-state index is 13.7. The number of ether oxygens (including phenoxy) is 1. The highest BCUT2D eigenvalue weighted by Gasteiger charge is 2.19. The van der Waals surface area contributed by atoms with Crippen LogP contribution in [0.5, 0.6) is 5.75 Å². The highest BCUT2D eigenvalue weighted by molar-refractivity contribution is 7.16. The number of halogens is 2. The van der Waals surface area contributed by atoms with Crippen LogP contribution in [-0.4, -0.2) is 18.0 Å². The Labute approximate surface area is 147 Å². The molecule has 4 nitrogen and oxygen atoms in total. The molecule has 0 aliphatic rings. The molecule has 2 aromatic carbocycles. The van der Waals surface area contributed by atoms with Gasteiger partial charge in [-0.05, 0) is 43.3 Å². The Bertz CT molecular complexity index is 903. The number of nitrogens with zero attached hydrogens (tertiary/aromatic N) is 1. The number of aryl methyl sites for hydroxylation is 1. The summed E-state index contributed by atoms with van der Waals surface area (Å²) >= 11 is 1.23. The lowest BCUT2D eigenvalue weighted by Crippen LogP contribution is -2.15. The van der Waals surface area contributed by atoms with Gasteiger partial charge in [-0.3, -0.25) is 10.1 Å².